The van der Waals surface area contributed by atoms with Crippen LogP contribution >= 0.6 is 0 Å². The lowest BCUT2D eigenvalue weighted by Gasteiger charge is -2.39. The third-order valence-corrected chi connectivity index (χ3v) is 9.58. The highest BCUT2D eigenvalue weighted by atomic mass is 32.2. The van der Waals surface area contributed by atoms with Gasteiger partial charge in [-0.05, 0) is 55.7 Å². The number of benzene rings is 2. The Kier molecular flexibility index (Phi) is 8.36. The van der Waals surface area contributed by atoms with Gasteiger partial charge in [-0.2, -0.15) is 26.3 Å². The molecule has 242 valence electrons. The molecule has 2 aliphatic rings. The number of hydrogen-bond donors (Lipinski definition) is 4. The highest BCUT2D eigenvalue weighted by molar-refractivity contribution is 7.92. The largest absolute Gasteiger partial charge is 0.465 e. The molecule has 0 radical (unpaired) electrons. The van der Waals surface area contributed by atoms with Crippen molar-refractivity contribution in [2.75, 3.05) is 17.4 Å². The van der Waals surface area contributed by atoms with Crippen LogP contribution in [0, 0.1) is 5.82 Å². The number of nitrogens with one attached hydrogen (secondary N) is 1. The Morgan fingerprint density at radius 1 is 1.05 bits per heavy atom. The summed E-state index contributed by atoms with van der Waals surface area (Å²) in [4.78, 5) is 24.7. The second-order valence-electron chi connectivity index (χ2n) is 10.8. The summed E-state index contributed by atoms with van der Waals surface area (Å²) >= 11 is 0. The lowest BCUT2D eigenvalue weighted by atomic mass is 9.87. The number of carboxylic acid groups (broad SMARTS) is 1. The quantitative estimate of drug-likeness (QED) is 0.349. The molecule has 2 aromatic rings. The second-order valence-corrected chi connectivity index (χ2v) is 12.7. The number of anilines is 1. The van der Waals surface area contributed by atoms with E-state index in [2.05, 4.69) is 5.32 Å². The predicted octanol–water partition coefficient (Wildman–Crippen LogP) is 3.27. The molecular weight excluding hydrogens is 631 g/mol. The van der Waals surface area contributed by atoms with Crippen LogP contribution in [0.25, 0.3) is 0 Å². The van der Waals surface area contributed by atoms with Crippen LogP contribution in [0.1, 0.15) is 30.9 Å². The van der Waals surface area contributed by atoms with Crippen molar-refractivity contribution in [2.45, 2.75) is 66.7 Å². The average Bonchev–Trinajstić information content (AvgIpc) is 3.20. The zero-order valence-corrected chi connectivity index (χ0v) is 23.5. The minimum Gasteiger partial charge on any atom is -0.465 e. The number of amides is 2. The molecule has 18 heteroatoms. The number of hydrogen-bond acceptors (Lipinski definition) is 6. The lowest BCUT2D eigenvalue weighted by Crippen LogP contribution is -2.54. The number of halogens is 7. The number of β-amino-alcohol motifs (C(OH)–C–C–N with tert-alkyl or cyclic N) is 1. The Morgan fingerprint density at radius 2 is 1.64 bits per heavy atom. The van der Waals surface area contributed by atoms with Crippen molar-refractivity contribution in [1.82, 2.24) is 10.2 Å². The normalized spacial score (nSPS) is 23.0. The van der Waals surface area contributed by atoms with Crippen LogP contribution in [-0.2, 0) is 26.8 Å². The van der Waals surface area contributed by atoms with Crippen molar-refractivity contribution in [1.29, 1.82) is 0 Å². The number of nitrogens with zero attached hydrogens (tertiary/aromatic N) is 2. The molecule has 4 rings (SSSR count). The van der Waals surface area contributed by atoms with Gasteiger partial charge < -0.3 is 25.5 Å². The number of aliphatic hydroxyl groups is 2. The number of alkyl halides is 6. The van der Waals surface area contributed by atoms with Gasteiger partial charge in [0, 0.05) is 18.5 Å². The Balaban J connectivity index is 1.74. The van der Waals surface area contributed by atoms with Crippen molar-refractivity contribution in [3.05, 3.63) is 59.4 Å². The minimum atomic E-state index is -6.19. The molecular formula is C26H26F7N3O7S. The summed E-state index contributed by atoms with van der Waals surface area (Å²) in [6, 6.07) is 2.37. The maximum Gasteiger partial charge on any atom is 0.430 e. The van der Waals surface area contributed by atoms with Crippen molar-refractivity contribution < 1.29 is 64.1 Å². The van der Waals surface area contributed by atoms with Gasteiger partial charge in [-0.25, -0.2) is 17.6 Å². The average molecular weight is 658 g/mol. The lowest BCUT2D eigenvalue weighted by molar-refractivity contribution is -0.376. The molecule has 3 atom stereocenters. The number of rotatable bonds is 6. The molecule has 2 aliphatic heterocycles. The first-order valence-electron chi connectivity index (χ1n) is 12.9. The van der Waals surface area contributed by atoms with Crippen LogP contribution in [0.4, 0.5) is 41.2 Å². The number of likely N-dealkylation sites (tertiary alicyclic amines) is 1. The third-order valence-electron chi connectivity index (χ3n) is 7.70. The molecule has 0 aliphatic carbocycles. The number of carbonyl (C=O) groups excluding carboxylic acids is 1. The number of sulfonamides is 1. The molecule has 44 heavy (non-hydrogen) atoms. The van der Waals surface area contributed by atoms with E-state index in [1.807, 2.05) is 0 Å². The molecule has 2 heterocycles. The first kappa shape index (κ1) is 33.3. The Bertz CT molecular complexity index is 1530. The smallest absolute Gasteiger partial charge is 0.430 e. The Hall–Kier alpha value is -3.64. The van der Waals surface area contributed by atoms with Crippen LogP contribution in [-0.4, -0.2) is 83.8 Å². The Labute approximate surface area is 245 Å². The maximum absolute atomic E-state index is 13.8. The van der Waals surface area contributed by atoms with Gasteiger partial charge in [0.25, 0.3) is 15.6 Å². The third kappa shape index (κ3) is 5.89. The van der Waals surface area contributed by atoms with E-state index in [1.54, 1.807) is 0 Å². The van der Waals surface area contributed by atoms with E-state index in [9.17, 15) is 64.1 Å². The zero-order chi connectivity index (χ0) is 33.0. The summed E-state index contributed by atoms with van der Waals surface area (Å²) in [6.45, 7) is 0.659. The molecule has 2 unspecified atom stereocenters. The summed E-state index contributed by atoms with van der Waals surface area (Å²) in [6.07, 6.45) is -14.9. The van der Waals surface area contributed by atoms with Crippen LogP contribution in [0.5, 0.6) is 0 Å². The number of carbonyl (C=O) groups is 2. The molecule has 0 saturated carbocycles. The van der Waals surface area contributed by atoms with E-state index >= 15 is 0 Å². The molecule has 0 aromatic heterocycles. The predicted molar refractivity (Wildman–Crippen MR) is 137 cm³/mol. The van der Waals surface area contributed by atoms with Crippen molar-refractivity contribution in [3.63, 3.8) is 0 Å². The number of aryl methyl sites for hydroxylation is 1. The molecule has 1 fully saturated rings. The first-order chi connectivity index (χ1) is 20.1. The van der Waals surface area contributed by atoms with Gasteiger partial charge in [0.15, 0.2) is 0 Å². The molecule has 0 spiro atoms. The molecule has 2 amide bonds. The van der Waals surface area contributed by atoms with Crippen LogP contribution in [0.2, 0.25) is 0 Å². The van der Waals surface area contributed by atoms with Crippen LogP contribution < -0.4 is 9.62 Å². The van der Waals surface area contributed by atoms with E-state index in [4.69, 9.17) is 0 Å². The Morgan fingerprint density at radius 3 is 2.16 bits per heavy atom. The van der Waals surface area contributed by atoms with Gasteiger partial charge in [0.2, 0.25) is 5.91 Å². The summed E-state index contributed by atoms with van der Waals surface area (Å²) in [7, 11) is -4.72. The standard InChI is InChI=1S/C26H26F7N3O7S/c1-23(40)13-35(22(38)39)12-20(23)34-21(37)11-17-6-2-14-10-15(24(41,25(28,29)30)26(31,32)33)3-9-19(14)36(17)44(42,43)18-7-4-16(27)5-8-18/h3-5,7-10,17,20,40-41H,2,6,11-13H2,1H3,(H,34,37)(H,38,39)/t17-,20?,23?/m0/s1. The SMILES string of the molecule is CC1(O)CN(C(=O)O)CC1NC(=O)C[C@@H]1CCc2cc(C(O)(C(F)(F)F)C(F)(F)F)ccc2N1S(=O)(=O)c1ccc(F)cc1. The topological polar surface area (TPSA) is 147 Å². The van der Waals surface area contributed by atoms with Crippen molar-refractivity contribution in [2.24, 2.45) is 0 Å². The van der Waals surface area contributed by atoms with Gasteiger partial charge in [-0.1, -0.05) is 12.1 Å². The van der Waals surface area contributed by atoms with E-state index in [0.29, 0.717) is 16.4 Å². The van der Waals surface area contributed by atoms with Gasteiger partial charge in [-0.3, -0.25) is 9.10 Å². The van der Waals surface area contributed by atoms with Crippen LogP contribution in [0.3, 0.4) is 0 Å². The molecule has 0 bridgehead atoms. The first-order valence-corrected chi connectivity index (χ1v) is 14.3. The fraction of sp³-hybridized carbons (Fsp3) is 0.462. The molecule has 4 N–H and O–H groups in total. The fourth-order valence-electron chi connectivity index (χ4n) is 5.37. The van der Waals surface area contributed by atoms with Gasteiger partial charge >= 0.3 is 18.4 Å². The van der Waals surface area contributed by atoms with Gasteiger partial charge in [0.05, 0.1) is 29.2 Å². The summed E-state index contributed by atoms with van der Waals surface area (Å²) in [5.74, 6) is -1.64. The number of fused-ring (bicyclic) bond motifs is 1. The highest BCUT2D eigenvalue weighted by Crippen LogP contribution is 2.51. The molecule has 1 saturated heterocycles. The van der Waals surface area contributed by atoms with Crippen LogP contribution in [0.15, 0.2) is 47.4 Å². The van der Waals surface area contributed by atoms with E-state index < -0.39 is 80.4 Å². The van der Waals surface area contributed by atoms with E-state index in [-0.39, 0.29) is 43.2 Å². The minimum absolute atomic E-state index is 0.283. The van der Waals surface area contributed by atoms with Crippen molar-refractivity contribution in [3.8, 4) is 0 Å². The zero-order valence-electron chi connectivity index (χ0n) is 22.7. The fourth-order valence-corrected chi connectivity index (χ4v) is 7.09. The van der Waals surface area contributed by atoms with Gasteiger partial charge in [0.1, 0.15) is 11.4 Å². The maximum atomic E-state index is 13.8. The summed E-state index contributed by atoms with van der Waals surface area (Å²) < 4.78 is 123. The molecule has 10 nitrogen and oxygen atoms in total. The second kappa shape index (κ2) is 11.1. The van der Waals surface area contributed by atoms with Gasteiger partial charge in [-0.15, -0.1) is 0 Å². The van der Waals surface area contributed by atoms with E-state index in [0.717, 1.165) is 29.2 Å². The van der Waals surface area contributed by atoms with E-state index in [1.165, 1.54) is 6.92 Å². The monoisotopic (exact) mass is 657 g/mol. The summed E-state index contributed by atoms with van der Waals surface area (Å²) in [5, 5.41) is 32.1. The van der Waals surface area contributed by atoms with Crippen molar-refractivity contribution >= 4 is 27.7 Å². The highest BCUT2D eigenvalue weighted by Gasteiger charge is 2.71. The molecule has 2 aromatic carbocycles. The summed E-state index contributed by atoms with van der Waals surface area (Å²) in [5.41, 5.74) is -9.24.